The van der Waals surface area contributed by atoms with Crippen molar-refractivity contribution in [3.8, 4) is 44.5 Å². The quantitative estimate of drug-likeness (QED) is 0.161. The Bertz CT molecular complexity index is 2700. The van der Waals surface area contributed by atoms with E-state index in [1.165, 1.54) is 91.8 Å². The molecular formula is C49H38S. The molecule has 0 N–H and O–H groups in total. The minimum Gasteiger partial charge on any atom is -0.135 e. The van der Waals surface area contributed by atoms with Crippen LogP contribution in [0.4, 0.5) is 0 Å². The Hall–Kier alpha value is -5.50. The van der Waals surface area contributed by atoms with E-state index in [0.29, 0.717) is 0 Å². The molecule has 240 valence electrons. The van der Waals surface area contributed by atoms with Gasteiger partial charge >= 0.3 is 0 Å². The molecule has 50 heavy (non-hydrogen) atoms. The third kappa shape index (κ3) is 5.58. The zero-order valence-corrected chi connectivity index (χ0v) is 29.5. The molecule has 0 saturated carbocycles. The van der Waals surface area contributed by atoms with Crippen LogP contribution in [0, 0.1) is 5.41 Å². The van der Waals surface area contributed by atoms with E-state index in [1.807, 2.05) is 11.3 Å². The molecule has 0 spiro atoms. The number of rotatable bonds is 5. The molecule has 0 radical (unpaired) electrons. The van der Waals surface area contributed by atoms with Crippen LogP contribution in [0.15, 0.2) is 164 Å². The molecule has 0 bridgehead atoms. The van der Waals surface area contributed by atoms with Crippen LogP contribution >= 0.6 is 11.3 Å². The normalized spacial score (nSPS) is 12.0. The van der Waals surface area contributed by atoms with Crippen LogP contribution in [-0.2, 0) is 6.42 Å². The molecule has 0 aliphatic rings. The fourth-order valence-corrected chi connectivity index (χ4v) is 8.95. The minimum absolute atomic E-state index is 0.175. The lowest BCUT2D eigenvalue weighted by Gasteiger charge is -2.20. The Morgan fingerprint density at radius 3 is 1.80 bits per heavy atom. The van der Waals surface area contributed by atoms with Gasteiger partial charge in [-0.15, -0.1) is 11.3 Å². The third-order valence-corrected chi connectivity index (χ3v) is 11.2. The molecule has 8 aromatic carbocycles. The van der Waals surface area contributed by atoms with Gasteiger partial charge in [0.1, 0.15) is 0 Å². The fourth-order valence-electron chi connectivity index (χ4n) is 7.72. The summed E-state index contributed by atoms with van der Waals surface area (Å²) in [5.41, 5.74) is 11.6. The van der Waals surface area contributed by atoms with Crippen LogP contribution in [0.25, 0.3) is 86.2 Å². The van der Waals surface area contributed by atoms with Crippen molar-refractivity contribution in [3.05, 3.63) is 169 Å². The number of hydrogen-bond acceptors (Lipinski definition) is 1. The van der Waals surface area contributed by atoms with Gasteiger partial charge in [-0.1, -0.05) is 160 Å². The lowest BCUT2D eigenvalue weighted by molar-refractivity contribution is 0.411. The zero-order chi connectivity index (χ0) is 33.8. The molecule has 0 aliphatic heterocycles. The minimum atomic E-state index is 0.175. The Morgan fingerprint density at radius 2 is 1.00 bits per heavy atom. The maximum absolute atomic E-state index is 2.41. The Kier molecular flexibility index (Phi) is 7.41. The molecule has 9 rings (SSSR count). The predicted octanol–water partition coefficient (Wildman–Crippen LogP) is 14.6. The molecule has 0 unspecified atom stereocenters. The van der Waals surface area contributed by atoms with Crippen LogP contribution in [0.1, 0.15) is 26.3 Å². The number of fused-ring (bicyclic) bond motifs is 6. The highest BCUT2D eigenvalue weighted by atomic mass is 32.1. The summed E-state index contributed by atoms with van der Waals surface area (Å²) in [4.78, 5) is 0. The standard InChI is InChI=1S/C49H38S/c1-49(2,3)31-32-26-38(33-22-24-34(25-23-33)41-19-11-20-45-44-18-8-9-21-47(44)50-48(41)45)29-39(27-32)35-13-10-14-36(28-35)46-30-37-12-4-5-15-40(37)42-16-6-7-17-43(42)46/h4-30H,31H2,1-3H3. The van der Waals surface area contributed by atoms with E-state index < -0.39 is 0 Å². The molecular weight excluding hydrogens is 621 g/mol. The van der Waals surface area contributed by atoms with Gasteiger partial charge in [0.15, 0.2) is 0 Å². The van der Waals surface area contributed by atoms with Crippen molar-refractivity contribution in [1.82, 2.24) is 0 Å². The second-order valence-corrected chi connectivity index (χ2v) is 15.8. The summed E-state index contributed by atoms with van der Waals surface area (Å²) in [5, 5.41) is 7.84. The first-order valence-corrected chi connectivity index (χ1v) is 18.4. The van der Waals surface area contributed by atoms with Gasteiger partial charge in [0.25, 0.3) is 0 Å². The van der Waals surface area contributed by atoms with Crippen LogP contribution in [0.2, 0.25) is 0 Å². The predicted molar refractivity (Wildman–Crippen MR) is 219 cm³/mol. The van der Waals surface area contributed by atoms with Crippen LogP contribution < -0.4 is 0 Å². The Morgan fingerprint density at radius 1 is 0.400 bits per heavy atom. The smallest absolute Gasteiger partial charge is 0.0433 e. The largest absolute Gasteiger partial charge is 0.135 e. The Balaban J connectivity index is 1.13. The monoisotopic (exact) mass is 658 g/mol. The zero-order valence-electron chi connectivity index (χ0n) is 28.7. The first-order chi connectivity index (χ1) is 24.4. The van der Waals surface area contributed by atoms with Gasteiger partial charge in [0.2, 0.25) is 0 Å². The number of thiophene rings is 1. The lowest BCUT2D eigenvalue weighted by Crippen LogP contribution is -2.09. The van der Waals surface area contributed by atoms with Crippen LogP contribution in [-0.4, -0.2) is 0 Å². The van der Waals surface area contributed by atoms with Crippen LogP contribution in [0.3, 0.4) is 0 Å². The van der Waals surface area contributed by atoms with E-state index in [-0.39, 0.29) is 5.41 Å². The topological polar surface area (TPSA) is 0 Å². The van der Waals surface area contributed by atoms with E-state index in [2.05, 4.69) is 185 Å². The molecule has 0 fully saturated rings. The molecule has 1 heteroatoms. The highest BCUT2D eigenvalue weighted by Gasteiger charge is 2.16. The van der Waals surface area contributed by atoms with Gasteiger partial charge in [0.05, 0.1) is 0 Å². The molecule has 1 aromatic heterocycles. The number of hydrogen-bond donors (Lipinski definition) is 0. The second-order valence-electron chi connectivity index (χ2n) is 14.8. The van der Waals surface area contributed by atoms with Crippen LogP contribution in [0.5, 0.6) is 0 Å². The molecule has 9 aromatic rings. The average Bonchev–Trinajstić information content (AvgIpc) is 3.53. The van der Waals surface area contributed by atoms with Crippen molar-refractivity contribution in [2.45, 2.75) is 27.2 Å². The molecule has 0 amide bonds. The first kappa shape index (κ1) is 30.6. The van der Waals surface area contributed by atoms with E-state index >= 15 is 0 Å². The summed E-state index contributed by atoms with van der Waals surface area (Å²) in [6, 6.07) is 60.9. The Labute approximate surface area is 298 Å². The summed E-state index contributed by atoms with van der Waals surface area (Å²) < 4.78 is 2.70. The third-order valence-electron chi connectivity index (χ3n) is 9.94. The van der Waals surface area contributed by atoms with Crippen molar-refractivity contribution in [2.75, 3.05) is 0 Å². The van der Waals surface area contributed by atoms with Crippen molar-refractivity contribution < 1.29 is 0 Å². The maximum Gasteiger partial charge on any atom is 0.0433 e. The van der Waals surface area contributed by atoms with E-state index in [1.54, 1.807) is 0 Å². The van der Waals surface area contributed by atoms with Gasteiger partial charge in [-0.05, 0) is 108 Å². The van der Waals surface area contributed by atoms with Gasteiger partial charge in [-0.3, -0.25) is 0 Å². The fraction of sp³-hybridized carbons (Fsp3) is 0.102. The molecule has 0 atom stereocenters. The molecule has 0 aliphatic carbocycles. The van der Waals surface area contributed by atoms with Gasteiger partial charge in [-0.25, -0.2) is 0 Å². The van der Waals surface area contributed by atoms with E-state index in [0.717, 1.165) is 6.42 Å². The van der Waals surface area contributed by atoms with Crippen molar-refractivity contribution >= 4 is 53.1 Å². The highest BCUT2D eigenvalue weighted by Crippen LogP contribution is 2.41. The summed E-state index contributed by atoms with van der Waals surface area (Å²) in [6.07, 6.45) is 1.01. The summed E-state index contributed by atoms with van der Waals surface area (Å²) in [6.45, 7) is 6.98. The summed E-state index contributed by atoms with van der Waals surface area (Å²) in [5.74, 6) is 0. The van der Waals surface area contributed by atoms with Crippen molar-refractivity contribution in [1.29, 1.82) is 0 Å². The number of benzene rings is 8. The molecule has 0 nitrogen and oxygen atoms in total. The molecule has 0 saturated heterocycles. The van der Waals surface area contributed by atoms with Crippen molar-refractivity contribution in [2.24, 2.45) is 5.41 Å². The maximum atomic E-state index is 2.41. The van der Waals surface area contributed by atoms with Gasteiger partial charge < -0.3 is 0 Å². The highest BCUT2D eigenvalue weighted by molar-refractivity contribution is 7.26. The average molecular weight is 659 g/mol. The van der Waals surface area contributed by atoms with Crippen molar-refractivity contribution in [3.63, 3.8) is 0 Å². The second kappa shape index (κ2) is 12.1. The summed E-state index contributed by atoms with van der Waals surface area (Å²) >= 11 is 1.89. The lowest BCUT2D eigenvalue weighted by atomic mass is 9.85. The van der Waals surface area contributed by atoms with Gasteiger partial charge in [0, 0.05) is 20.2 Å². The first-order valence-electron chi connectivity index (χ1n) is 17.5. The molecule has 1 heterocycles. The van der Waals surface area contributed by atoms with E-state index in [9.17, 15) is 0 Å². The SMILES string of the molecule is CC(C)(C)Cc1cc(-c2ccc(-c3cccc4c3sc3ccccc34)cc2)cc(-c2cccc(-c3cc4ccccc4c4ccccc34)c2)c1. The van der Waals surface area contributed by atoms with Gasteiger partial charge in [-0.2, -0.15) is 0 Å². The van der Waals surface area contributed by atoms with E-state index in [4.69, 9.17) is 0 Å². The summed E-state index contributed by atoms with van der Waals surface area (Å²) in [7, 11) is 0.